The third kappa shape index (κ3) is 4.48. The van der Waals surface area contributed by atoms with Crippen LogP contribution < -0.4 is 14.8 Å². The minimum atomic E-state index is -0.00189. The highest BCUT2D eigenvalue weighted by atomic mass is 16.5. The molecule has 2 aliphatic heterocycles. The Hall–Kier alpha value is -1.79. The van der Waals surface area contributed by atoms with Crippen molar-refractivity contribution in [3.8, 4) is 11.5 Å². The molecule has 1 aromatic carbocycles. The van der Waals surface area contributed by atoms with Gasteiger partial charge in [0.1, 0.15) is 11.5 Å². The third-order valence-electron chi connectivity index (χ3n) is 5.57. The van der Waals surface area contributed by atoms with E-state index in [2.05, 4.69) is 16.3 Å². The summed E-state index contributed by atoms with van der Waals surface area (Å²) >= 11 is 0. The second-order valence-electron chi connectivity index (χ2n) is 7.35. The molecule has 1 spiro atoms. The normalized spacial score (nSPS) is 22.3. The van der Waals surface area contributed by atoms with Crippen molar-refractivity contribution in [2.75, 3.05) is 33.9 Å². The zero-order chi connectivity index (χ0) is 18.6. The first kappa shape index (κ1) is 19.0. The van der Waals surface area contributed by atoms with Crippen LogP contribution in [0.15, 0.2) is 18.2 Å². The molecule has 26 heavy (non-hydrogen) atoms. The predicted molar refractivity (Wildman–Crippen MR) is 99.6 cm³/mol. The van der Waals surface area contributed by atoms with E-state index in [-0.39, 0.29) is 17.6 Å². The van der Waals surface area contributed by atoms with E-state index in [1.54, 1.807) is 21.1 Å². The number of hydrogen-bond donors (Lipinski definition) is 1. The van der Waals surface area contributed by atoms with E-state index in [1.165, 1.54) is 0 Å². The minimum Gasteiger partial charge on any atom is -0.497 e. The van der Waals surface area contributed by atoms with Gasteiger partial charge in [0.15, 0.2) is 0 Å². The molecular weight excluding hydrogens is 332 g/mol. The molecular formula is C20H30N2O4. The topological polar surface area (TPSA) is 60.0 Å². The Morgan fingerprint density at radius 1 is 1.27 bits per heavy atom. The SMILES string of the molecule is COc1ccc(OC)c(CN2CCC3(CCC(CNC(C)=O)O3)CC2)c1. The molecule has 1 N–H and O–H groups in total. The van der Waals surface area contributed by atoms with E-state index in [1.807, 2.05) is 12.1 Å². The van der Waals surface area contributed by atoms with Crippen LogP contribution in [0.2, 0.25) is 0 Å². The molecule has 1 aromatic rings. The van der Waals surface area contributed by atoms with Crippen molar-refractivity contribution in [3.05, 3.63) is 23.8 Å². The van der Waals surface area contributed by atoms with Crippen LogP contribution in [0.4, 0.5) is 0 Å². The maximum absolute atomic E-state index is 11.1. The van der Waals surface area contributed by atoms with E-state index in [9.17, 15) is 4.79 Å². The third-order valence-corrected chi connectivity index (χ3v) is 5.57. The molecule has 2 heterocycles. The number of ether oxygens (including phenoxy) is 3. The zero-order valence-corrected chi connectivity index (χ0v) is 16.0. The van der Waals surface area contributed by atoms with Gasteiger partial charge in [-0.1, -0.05) is 0 Å². The quantitative estimate of drug-likeness (QED) is 0.842. The van der Waals surface area contributed by atoms with Crippen LogP contribution >= 0.6 is 0 Å². The number of benzene rings is 1. The van der Waals surface area contributed by atoms with E-state index >= 15 is 0 Å². The van der Waals surface area contributed by atoms with Crippen molar-refractivity contribution in [1.82, 2.24) is 10.2 Å². The fourth-order valence-corrected chi connectivity index (χ4v) is 4.03. The maximum atomic E-state index is 11.1. The highest BCUT2D eigenvalue weighted by Gasteiger charge is 2.42. The first-order valence-corrected chi connectivity index (χ1v) is 9.39. The van der Waals surface area contributed by atoms with Crippen LogP contribution in [0.1, 0.15) is 38.2 Å². The molecule has 3 rings (SSSR count). The van der Waals surface area contributed by atoms with Crippen LogP contribution in [-0.4, -0.2) is 56.4 Å². The molecule has 1 atom stereocenters. The van der Waals surface area contributed by atoms with Crippen LogP contribution in [0.5, 0.6) is 11.5 Å². The van der Waals surface area contributed by atoms with Crippen LogP contribution in [-0.2, 0) is 16.1 Å². The monoisotopic (exact) mass is 362 g/mol. The van der Waals surface area contributed by atoms with Crippen molar-refractivity contribution in [2.24, 2.45) is 0 Å². The number of methoxy groups -OCH3 is 2. The van der Waals surface area contributed by atoms with Crippen LogP contribution in [0.25, 0.3) is 0 Å². The molecule has 0 aromatic heterocycles. The van der Waals surface area contributed by atoms with Gasteiger partial charge in [-0.3, -0.25) is 9.69 Å². The largest absolute Gasteiger partial charge is 0.497 e. The van der Waals surface area contributed by atoms with Crippen molar-refractivity contribution in [1.29, 1.82) is 0 Å². The van der Waals surface area contributed by atoms with Crippen LogP contribution in [0.3, 0.4) is 0 Å². The molecule has 144 valence electrons. The Bertz CT molecular complexity index is 626. The molecule has 0 saturated carbocycles. The van der Waals surface area contributed by atoms with E-state index in [0.717, 1.165) is 62.4 Å². The number of hydrogen-bond acceptors (Lipinski definition) is 5. The fraction of sp³-hybridized carbons (Fsp3) is 0.650. The highest BCUT2D eigenvalue weighted by molar-refractivity contribution is 5.72. The molecule has 6 nitrogen and oxygen atoms in total. The highest BCUT2D eigenvalue weighted by Crippen LogP contribution is 2.39. The number of nitrogens with zero attached hydrogens (tertiary/aromatic N) is 1. The number of carbonyl (C=O) groups excluding carboxylic acids is 1. The first-order valence-electron chi connectivity index (χ1n) is 9.39. The summed E-state index contributed by atoms with van der Waals surface area (Å²) in [4.78, 5) is 13.5. The molecule has 6 heteroatoms. The Balaban J connectivity index is 1.54. The summed E-state index contributed by atoms with van der Waals surface area (Å²) in [6.07, 6.45) is 4.35. The maximum Gasteiger partial charge on any atom is 0.216 e. The lowest BCUT2D eigenvalue weighted by atomic mass is 9.88. The molecule has 1 amide bonds. The zero-order valence-electron chi connectivity index (χ0n) is 16.0. The fourth-order valence-electron chi connectivity index (χ4n) is 4.03. The lowest BCUT2D eigenvalue weighted by Gasteiger charge is -2.39. The van der Waals surface area contributed by atoms with Gasteiger partial charge in [0, 0.05) is 38.7 Å². The summed E-state index contributed by atoms with van der Waals surface area (Å²) in [7, 11) is 3.39. The average Bonchev–Trinajstić information content (AvgIpc) is 3.05. The summed E-state index contributed by atoms with van der Waals surface area (Å²) in [5.74, 6) is 1.77. The predicted octanol–water partition coefficient (Wildman–Crippen LogP) is 2.35. The second kappa shape index (κ2) is 8.27. The summed E-state index contributed by atoms with van der Waals surface area (Å²) < 4.78 is 17.2. The molecule has 2 aliphatic rings. The van der Waals surface area contributed by atoms with Gasteiger partial charge >= 0.3 is 0 Å². The molecule has 0 aliphatic carbocycles. The van der Waals surface area contributed by atoms with Crippen LogP contribution in [0, 0.1) is 0 Å². The summed E-state index contributed by atoms with van der Waals surface area (Å²) in [6, 6.07) is 5.94. The standard InChI is InChI=1S/C20H30N2O4/c1-15(23)21-13-18-6-7-20(26-18)8-10-22(11-9-20)14-16-12-17(24-2)4-5-19(16)25-3/h4-5,12,18H,6-11,13-14H2,1-3H3,(H,21,23). The summed E-state index contributed by atoms with van der Waals surface area (Å²) in [5, 5.41) is 2.87. The molecule has 0 radical (unpaired) electrons. The number of carbonyl (C=O) groups is 1. The van der Waals surface area contributed by atoms with Gasteiger partial charge in [-0.25, -0.2) is 0 Å². The van der Waals surface area contributed by atoms with Crippen molar-refractivity contribution < 1.29 is 19.0 Å². The molecule has 2 fully saturated rings. The van der Waals surface area contributed by atoms with Gasteiger partial charge in [0.25, 0.3) is 0 Å². The minimum absolute atomic E-state index is 0.00189. The van der Waals surface area contributed by atoms with Gasteiger partial charge < -0.3 is 19.5 Å². The van der Waals surface area contributed by atoms with E-state index in [4.69, 9.17) is 14.2 Å². The summed E-state index contributed by atoms with van der Waals surface area (Å²) in [5.41, 5.74) is 1.15. The Labute approximate surface area is 155 Å². The number of amides is 1. The van der Waals surface area contributed by atoms with E-state index < -0.39 is 0 Å². The average molecular weight is 362 g/mol. The smallest absolute Gasteiger partial charge is 0.216 e. The first-order chi connectivity index (χ1) is 12.5. The van der Waals surface area contributed by atoms with Crippen molar-refractivity contribution >= 4 is 5.91 Å². The number of rotatable bonds is 6. The van der Waals surface area contributed by atoms with Gasteiger partial charge in [0.2, 0.25) is 5.91 Å². The molecule has 2 saturated heterocycles. The Morgan fingerprint density at radius 2 is 2.04 bits per heavy atom. The van der Waals surface area contributed by atoms with E-state index in [0.29, 0.717) is 6.54 Å². The van der Waals surface area contributed by atoms with Gasteiger partial charge in [-0.05, 0) is 43.9 Å². The lowest BCUT2D eigenvalue weighted by Crippen LogP contribution is -2.44. The number of nitrogens with one attached hydrogen (secondary N) is 1. The number of likely N-dealkylation sites (tertiary alicyclic amines) is 1. The lowest BCUT2D eigenvalue weighted by molar-refractivity contribution is -0.120. The Morgan fingerprint density at radius 3 is 2.69 bits per heavy atom. The van der Waals surface area contributed by atoms with Gasteiger partial charge in [-0.15, -0.1) is 0 Å². The molecule has 1 unspecified atom stereocenters. The van der Waals surface area contributed by atoms with Gasteiger partial charge in [0.05, 0.1) is 25.9 Å². The molecule has 0 bridgehead atoms. The summed E-state index contributed by atoms with van der Waals surface area (Å²) in [6.45, 7) is 5.05. The van der Waals surface area contributed by atoms with Crippen molar-refractivity contribution in [2.45, 2.75) is 50.9 Å². The Kier molecular flexibility index (Phi) is 6.04. The van der Waals surface area contributed by atoms with Crippen molar-refractivity contribution in [3.63, 3.8) is 0 Å². The number of piperidine rings is 1. The van der Waals surface area contributed by atoms with Gasteiger partial charge in [-0.2, -0.15) is 0 Å². The second-order valence-corrected chi connectivity index (χ2v) is 7.35.